The van der Waals surface area contributed by atoms with Crippen molar-refractivity contribution in [2.45, 2.75) is 45.1 Å². The number of hydrogen-bond acceptors (Lipinski definition) is 2. The summed E-state index contributed by atoms with van der Waals surface area (Å²) >= 11 is 0. The van der Waals surface area contributed by atoms with Gasteiger partial charge in [0.05, 0.1) is 6.33 Å². The summed E-state index contributed by atoms with van der Waals surface area (Å²) in [6.45, 7) is 9.40. The van der Waals surface area contributed by atoms with Crippen LogP contribution in [0.3, 0.4) is 0 Å². The third-order valence-electron chi connectivity index (χ3n) is 2.83. The average molecular weight is 282 g/mol. The number of carbonyl (C=O) groups excluding carboxylic acids is 1. The van der Waals surface area contributed by atoms with E-state index in [0.29, 0.717) is 6.54 Å². The lowest BCUT2D eigenvalue weighted by molar-refractivity contribution is 0.240. The lowest BCUT2D eigenvalue weighted by Crippen LogP contribution is -2.37. The fraction of sp³-hybridized carbons (Fsp3) is 0.692. The summed E-state index contributed by atoms with van der Waals surface area (Å²) in [6, 6.07) is 1.20. The number of rotatable bonds is 8. The highest BCUT2D eigenvalue weighted by molar-refractivity contribution is 6.76. The minimum Gasteiger partial charge on any atom is -0.338 e. The largest absolute Gasteiger partial charge is 0.338 e. The van der Waals surface area contributed by atoms with Crippen LogP contribution >= 0.6 is 0 Å². The van der Waals surface area contributed by atoms with Crippen LogP contribution in [-0.4, -0.2) is 36.7 Å². The number of aryl methyl sites for hydroxylation is 1. The van der Waals surface area contributed by atoms with Crippen LogP contribution in [0.4, 0.5) is 4.79 Å². The maximum Gasteiger partial charge on any atom is 0.314 e. The Bertz CT molecular complexity index is 359. The first-order valence-corrected chi connectivity index (χ1v) is 10.7. The normalized spacial score (nSPS) is 11.3. The molecular formula is C13H26N4OSi. The van der Waals surface area contributed by atoms with E-state index in [1.165, 1.54) is 6.04 Å². The zero-order chi connectivity index (χ0) is 14.1. The quantitative estimate of drug-likeness (QED) is 0.568. The van der Waals surface area contributed by atoms with Gasteiger partial charge >= 0.3 is 6.03 Å². The van der Waals surface area contributed by atoms with Gasteiger partial charge in [-0.05, 0) is 12.8 Å². The van der Waals surface area contributed by atoms with Gasteiger partial charge in [-0.1, -0.05) is 25.7 Å². The number of urea groups is 1. The molecule has 1 aromatic heterocycles. The molecule has 1 heterocycles. The highest BCUT2D eigenvalue weighted by Gasteiger charge is 2.11. The van der Waals surface area contributed by atoms with E-state index in [4.69, 9.17) is 0 Å². The van der Waals surface area contributed by atoms with Gasteiger partial charge in [0.25, 0.3) is 0 Å². The van der Waals surface area contributed by atoms with Crippen molar-refractivity contribution in [3.63, 3.8) is 0 Å². The number of carbonyl (C=O) groups is 1. The number of aromatic nitrogens is 2. The lowest BCUT2D eigenvalue weighted by atomic mass is 10.4. The van der Waals surface area contributed by atoms with E-state index in [9.17, 15) is 4.79 Å². The van der Waals surface area contributed by atoms with Gasteiger partial charge in [-0.2, -0.15) is 0 Å². The molecule has 0 aromatic carbocycles. The molecule has 0 aliphatic heterocycles. The highest BCUT2D eigenvalue weighted by Crippen LogP contribution is 2.09. The molecule has 2 N–H and O–H groups in total. The third-order valence-corrected chi connectivity index (χ3v) is 4.68. The zero-order valence-electron chi connectivity index (χ0n) is 12.3. The maximum absolute atomic E-state index is 11.5. The van der Waals surface area contributed by atoms with Crippen molar-refractivity contribution in [2.24, 2.45) is 0 Å². The Kier molecular flexibility index (Phi) is 6.62. The van der Waals surface area contributed by atoms with Gasteiger partial charge in [-0.25, -0.2) is 9.78 Å². The Hall–Kier alpha value is -1.30. The topological polar surface area (TPSA) is 59.0 Å². The Labute approximate surface area is 116 Å². The zero-order valence-corrected chi connectivity index (χ0v) is 13.3. The van der Waals surface area contributed by atoms with Gasteiger partial charge in [0.1, 0.15) is 0 Å². The van der Waals surface area contributed by atoms with Crippen LogP contribution in [0.1, 0.15) is 12.8 Å². The molecule has 0 unspecified atom stereocenters. The van der Waals surface area contributed by atoms with E-state index >= 15 is 0 Å². The summed E-state index contributed by atoms with van der Waals surface area (Å²) in [5, 5.41) is 5.77. The second-order valence-corrected chi connectivity index (χ2v) is 11.6. The van der Waals surface area contributed by atoms with Crippen molar-refractivity contribution in [1.29, 1.82) is 0 Å². The van der Waals surface area contributed by atoms with Crippen LogP contribution in [0.2, 0.25) is 25.7 Å². The minimum atomic E-state index is -0.972. The standard InChI is InChI=1S/C13H26N4OSi/c1-19(2,3)11-5-7-16-13(18)15-6-4-9-17-10-8-14-12-17/h8,10,12H,4-7,9,11H2,1-3H3,(H2,15,16,18). The molecule has 0 aliphatic rings. The monoisotopic (exact) mass is 282 g/mol. The molecule has 108 valence electrons. The molecule has 19 heavy (non-hydrogen) atoms. The number of nitrogens with zero attached hydrogens (tertiary/aromatic N) is 2. The number of imidazole rings is 1. The van der Waals surface area contributed by atoms with E-state index in [0.717, 1.165) is 25.9 Å². The highest BCUT2D eigenvalue weighted by atomic mass is 28.3. The Morgan fingerprint density at radius 2 is 1.89 bits per heavy atom. The molecule has 0 fully saturated rings. The predicted molar refractivity (Wildman–Crippen MR) is 81.0 cm³/mol. The van der Waals surface area contributed by atoms with Gasteiger partial charge in [-0.15, -0.1) is 0 Å². The van der Waals surface area contributed by atoms with E-state index in [1.54, 1.807) is 12.5 Å². The molecule has 1 aromatic rings. The first-order valence-electron chi connectivity index (χ1n) is 6.95. The van der Waals surface area contributed by atoms with Crippen LogP contribution < -0.4 is 10.6 Å². The summed E-state index contributed by atoms with van der Waals surface area (Å²) in [5.74, 6) is 0. The summed E-state index contributed by atoms with van der Waals surface area (Å²) < 4.78 is 2.01. The Morgan fingerprint density at radius 3 is 2.47 bits per heavy atom. The van der Waals surface area contributed by atoms with E-state index in [2.05, 4.69) is 35.3 Å². The molecule has 1 rings (SSSR count). The molecule has 0 bridgehead atoms. The molecule has 2 amide bonds. The van der Waals surface area contributed by atoms with Crippen LogP contribution in [0.5, 0.6) is 0 Å². The summed E-state index contributed by atoms with van der Waals surface area (Å²) in [6.07, 6.45) is 7.47. The van der Waals surface area contributed by atoms with E-state index < -0.39 is 8.07 Å². The van der Waals surface area contributed by atoms with Crippen molar-refractivity contribution in [2.75, 3.05) is 13.1 Å². The van der Waals surface area contributed by atoms with Crippen LogP contribution in [-0.2, 0) is 6.54 Å². The second kappa shape index (κ2) is 7.99. The van der Waals surface area contributed by atoms with Crippen molar-refractivity contribution in [1.82, 2.24) is 20.2 Å². The van der Waals surface area contributed by atoms with Crippen molar-refractivity contribution in [3.05, 3.63) is 18.7 Å². The fourth-order valence-corrected chi connectivity index (χ4v) is 3.00. The molecule has 0 aliphatic carbocycles. The van der Waals surface area contributed by atoms with Crippen LogP contribution in [0.25, 0.3) is 0 Å². The van der Waals surface area contributed by atoms with Gasteiger partial charge in [0, 0.05) is 40.1 Å². The predicted octanol–water partition coefficient (Wildman–Crippen LogP) is 2.30. The van der Waals surface area contributed by atoms with Gasteiger partial charge < -0.3 is 15.2 Å². The molecule has 6 heteroatoms. The van der Waals surface area contributed by atoms with Crippen molar-refractivity contribution in [3.8, 4) is 0 Å². The molecule has 0 atom stereocenters. The first-order chi connectivity index (χ1) is 8.97. The molecular weight excluding hydrogens is 256 g/mol. The van der Waals surface area contributed by atoms with Gasteiger partial charge in [0.2, 0.25) is 0 Å². The van der Waals surface area contributed by atoms with Gasteiger partial charge in [-0.3, -0.25) is 0 Å². The number of nitrogens with one attached hydrogen (secondary N) is 2. The third kappa shape index (κ3) is 8.42. The first kappa shape index (κ1) is 15.8. The Balaban J connectivity index is 1.96. The molecule has 0 spiro atoms. The second-order valence-electron chi connectivity index (χ2n) is 6.00. The lowest BCUT2D eigenvalue weighted by Gasteiger charge is -2.15. The molecule has 0 saturated heterocycles. The Morgan fingerprint density at radius 1 is 1.21 bits per heavy atom. The fourth-order valence-electron chi connectivity index (χ4n) is 1.77. The smallest absolute Gasteiger partial charge is 0.314 e. The molecule has 0 saturated carbocycles. The summed E-state index contributed by atoms with van der Waals surface area (Å²) in [7, 11) is -0.972. The van der Waals surface area contributed by atoms with E-state index in [-0.39, 0.29) is 6.03 Å². The minimum absolute atomic E-state index is 0.0544. The summed E-state index contributed by atoms with van der Waals surface area (Å²) in [4.78, 5) is 15.5. The number of amides is 2. The van der Waals surface area contributed by atoms with Crippen molar-refractivity contribution >= 4 is 14.1 Å². The SMILES string of the molecule is C[Si](C)(C)CCCNC(=O)NCCCn1ccnc1. The maximum atomic E-state index is 11.5. The van der Waals surface area contributed by atoms with Crippen LogP contribution in [0.15, 0.2) is 18.7 Å². The van der Waals surface area contributed by atoms with Crippen molar-refractivity contribution < 1.29 is 4.79 Å². The molecule has 0 radical (unpaired) electrons. The van der Waals surface area contributed by atoms with Crippen LogP contribution in [0, 0.1) is 0 Å². The average Bonchev–Trinajstić information content (AvgIpc) is 2.82. The van der Waals surface area contributed by atoms with Gasteiger partial charge in [0.15, 0.2) is 0 Å². The van der Waals surface area contributed by atoms with E-state index in [1.807, 2.05) is 10.8 Å². The summed E-state index contributed by atoms with van der Waals surface area (Å²) in [5.41, 5.74) is 0. The molecule has 5 nitrogen and oxygen atoms in total. The number of hydrogen-bond donors (Lipinski definition) is 2.